The van der Waals surface area contributed by atoms with E-state index >= 15 is 0 Å². The maximum atomic E-state index is 11.7. The molecule has 148 valence electrons. The second kappa shape index (κ2) is 11.5. The number of esters is 1. The van der Waals surface area contributed by atoms with Gasteiger partial charge in [-0.3, -0.25) is 4.79 Å². The van der Waals surface area contributed by atoms with Crippen LogP contribution in [0.3, 0.4) is 0 Å². The number of hydrogen-bond acceptors (Lipinski definition) is 7. The fourth-order valence-corrected chi connectivity index (χ4v) is 1.73. The Morgan fingerprint density at radius 2 is 1.92 bits per heavy atom. The molecule has 0 aliphatic carbocycles. The van der Waals surface area contributed by atoms with Crippen molar-refractivity contribution in [1.29, 1.82) is 0 Å². The van der Waals surface area contributed by atoms with Crippen molar-refractivity contribution < 1.29 is 23.8 Å². The first-order valence-electron chi connectivity index (χ1n) is 8.87. The van der Waals surface area contributed by atoms with Gasteiger partial charge < -0.3 is 19.5 Å². The van der Waals surface area contributed by atoms with Crippen LogP contribution < -0.4 is 5.32 Å². The van der Waals surface area contributed by atoms with Gasteiger partial charge in [-0.25, -0.2) is 9.48 Å². The molecule has 1 N–H and O–H groups in total. The summed E-state index contributed by atoms with van der Waals surface area (Å²) in [6.45, 7) is 9.56. The summed E-state index contributed by atoms with van der Waals surface area (Å²) >= 11 is 0. The molecule has 9 nitrogen and oxygen atoms in total. The molecule has 9 heteroatoms. The summed E-state index contributed by atoms with van der Waals surface area (Å²) in [5.41, 5.74) is 0.0575. The molecular weight excluding hydrogens is 340 g/mol. The molecule has 0 aromatic carbocycles. The van der Waals surface area contributed by atoms with Crippen molar-refractivity contribution in [3.63, 3.8) is 0 Å². The molecule has 1 heterocycles. The Balaban J connectivity index is 2.17. The van der Waals surface area contributed by atoms with Gasteiger partial charge in [0.25, 0.3) is 0 Å². The van der Waals surface area contributed by atoms with Crippen LogP contribution in [0.15, 0.2) is 6.20 Å². The molecule has 0 fully saturated rings. The predicted octanol–water partition coefficient (Wildman–Crippen LogP) is 1.91. The van der Waals surface area contributed by atoms with E-state index in [2.05, 4.69) is 22.6 Å². The number of unbranched alkanes of at least 4 members (excludes halogenated alkanes) is 1. The zero-order chi connectivity index (χ0) is 19.4. The third-order valence-corrected chi connectivity index (χ3v) is 3.27. The average Bonchev–Trinajstić information content (AvgIpc) is 3.03. The van der Waals surface area contributed by atoms with Crippen molar-refractivity contribution in [3.05, 3.63) is 11.9 Å². The van der Waals surface area contributed by atoms with Gasteiger partial charge in [0, 0.05) is 6.61 Å². The topological polar surface area (TPSA) is 105 Å². The number of nitrogens with zero attached hydrogens (tertiary/aromatic N) is 3. The smallest absolute Gasteiger partial charge is 0.407 e. The third kappa shape index (κ3) is 9.36. The summed E-state index contributed by atoms with van der Waals surface area (Å²) in [5.74, 6) is -0.263. The number of nitrogens with one attached hydrogen (secondary N) is 1. The number of carbonyl (C=O) groups excluding carboxylic acids is 2. The molecule has 0 bridgehead atoms. The van der Waals surface area contributed by atoms with Gasteiger partial charge in [-0.1, -0.05) is 18.6 Å². The van der Waals surface area contributed by atoms with E-state index in [1.165, 1.54) is 0 Å². The number of ether oxygens (including phenoxy) is 3. The van der Waals surface area contributed by atoms with Crippen LogP contribution in [0.2, 0.25) is 0 Å². The van der Waals surface area contributed by atoms with Crippen LogP contribution in [0.1, 0.15) is 46.2 Å². The van der Waals surface area contributed by atoms with Crippen LogP contribution in [0.5, 0.6) is 0 Å². The van der Waals surface area contributed by atoms with Gasteiger partial charge in [0.1, 0.15) is 18.9 Å². The molecule has 1 amide bonds. The quantitative estimate of drug-likeness (QED) is 0.468. The molecule has 0 atom stereocenters. The standard InChI is InChI=1S/C17H30N4O5/c1-5-6-8-24-10-11-26-16(23)18-12-14-13-21(20-19-14)7-9-25-15(22)17(2,3)4/h13H,5-12H2,1-4H3,(H,18,23). The summed E-state index contributed by atoms with van der Waals surface area (Å²) in [7, 11) is 0. The highest BCUT2D eigenvalue weighted by molar-refractivity contribution is 5.75. The number of carbonyl (C=O) groups is 2. The Morgan fingerprint density at radius 1 is 1.15 bits per heavy atom. The predicted molar refractivity (Wildman–Crippen MR) is 94.4 cm³/mol. The number of aromatic nitrogens is 3. The highest BCUT2D eigenvalue weighted by Gasteiger charge is 2.22. The zero-order valence-electron chi connectivity index (χ0n) is 16.1. The van der Waals surface area contributed by atoms with Gasteiger partial charge in [0.2, 0.25) is 0 Å². The molecule has 1 aromatic rings. The average molecular weight is 370 g/mol. The SMILES string of the molecule is CCCCOCCOC(=O)NCc1cn(CCOC(=O)C(C)(C)C)nn1. The second-order valence-electron chi connectivity index (χ2n) is 6.81. The Morgan fingerprint density at radius 3 is 2.62 bits per heavy atom. The Bertz CT molecular complexity index is 554. The van der Waals surface area contributed by atoms with Gasteiger partial charge in [0.15, 0.2) is 0 Å². The van der Waals surface area contributed by atoms with Gasteiger partial charge in [-0.05, 0) is 27.2 Å². The molecular formula is C17H30N4O5. The summed E-state index contributed by atoms with van der Waals surface area (Å²) in [4.78, 5) is 23.2. The molecule has 0 radical (unpaired) electrons. The van der Waals surface area contributed by atoms with Gasteiger partial charge >= 0.3 is 12.1 Å². The highest BCUT2D eigenvalue weighted by Crippen LogP contribution is 2.14. The maximum absolute atomic E-state index is 11.7. The van der Waals surface area contributed by atoms with E-state index < -0.39 is 11.5 Å². The first-order valence-corrected chi connectivity index (χ1v) is 8.87. The number of hydrogen-bond donors (Lipinski definition) is 1. The Kier molecular flexibility index (Phi) is 9.64. The van der Waals surface area contributed by atoms with Crippen molar-refractivity contribution in [2.24, 2.45) is 5.41 Å². The molecule has 1 aromatic heterocycles. The van der Waals surface area contributed by atoms with Crippen molar-refractivity contribution in [3.8, 4) is 0 Å². The molecule has 0 aliphatic rings. The summed E-state index contributed by atoms with van der Waals surface area (Å²) in [6, 6.07) is 0. The van der Waals surface area contributed by atoms with E-state index in [4.69, 9.17) is 14.2 Å². The van der Waals surface area contributed by atoms with Crippen molar-refractivity contribution in [2.75, 3.05) is 26.4 Å². The molecule has 0 saturated heterocycles. The van der Waals surface area contributed by atoms with E-state index in [-0.39, 0.29) is 25.7 Å². The lowest BCUT2D eigenvalue weighted by atomic mass is 9.97. The fraction of sp³-hybridized carbons (Fsp3) is 0.765. The lowest BCUT2D eigenvalue weighted by Crippen LogP contribution is -2.25. The van der Waals surface area contributed by atoms with Gasteiger partial charge in [-0.2, -0.15) is 0 Å². The lowest BCUT2D eigenvalue weighted by molar-refractivity contribution is -0.153. The second-order valence-corrected chi connectivity index (χ2v) is 6.81. The molecule has 0 unspecified atom stereocenters. The van der Waals surface area contributed by atoms with Crippen molar-refractivity contribution >= 4 is 12.1 Å². The number of amides is 1. The zero-order valence-corrected chi connectivity index (χ0v) is 16.1. The first-order chi connectivity index (χ1) is 12.3. The van der Waals surface area contributed by atoms with Crippen LogP contribution in [0.4, 0.5) is 4.79 Å². The number of rotatable bonds is 11. The highest BCUT2D eigenvalue weighted by atomic mass is 16.6. The molecule has 0 spiro atoms. The minimum Gasteiger partial charge on any atom is -0.463 e. The van der Waals surface area contributed by atoms with E-state index in [0.717, 1.165) is 12.8 Å². The minimum absolute atomic E-state index is 0.206. The van der Waals surface area contributed by atoms with Crippen LogP contribution in [0, 0.1) is 5.41 Å². The summed E-state index contributed by atoms with van der Waals surface area (Å²) < 4.78 is 17.0. The van der Waals surface area contributed by atoms with Crippen LogP contribution in [-0.4, -0.2) is 53.5 Å². The Labute approximate surface area is 154 Å². The monoisotopic (exact) mass is 370 g/mol. The summed E-state index contributed by atoms with van der Waals surface area (Å²) in [5, 5.41) is 10.5. The van der Waals surface area contributed by atoms with Crippen molar-refractivity contribution in [1.82, 2.24) is 20.3 Å². The van der Waals surface area contributed by atoms with Gasteiger partial charge in [-0.15, -0.1) is 5.10 Å². The van der Waals surface area contributed by atoms with Crippen LogP contribution in [0.25, 0.3) is 0 Å². The van der Waals surface area contributed by atoms with E-state index in [1.54, 1.807) is 31.6 Å². The van der Waals surface area contributed by atoms with E-state index in [1.807, 2.05) is 0 Å². The Hall–Kier alpha value is -2.16. The molecule has 0 saturated carbocycles. The fourth-order valence-electron chi connectivity index (χ4n) is 1.73. The van der Waals surface area contributed by atoms with Crippen LogP contribution in [-0.2, 0) is 32.1 Å². The van der Waals surface area contributed by atoms with Crippen molar-refractivity contribution in [2.45, 2.75) is 53.6 Å². The lowest BCUT2D eigenvalue weighted by Gasteiger charge is -2.16. The van der Waals surface area contributed by atoms with Gasteiger partial charge in [0.05, 0.1) is 31.3 Å². The van der Waals surface area contributed by atoms with E-state index in [0.29, 0.717) is 25.5 Å². The normalized spacial score (nSPS) is 11.2. The van der Waals surface area contributed by atoms with Crippen LogP contribution >= 0.6 is 0 Å². The third-order valence-electron chi connectivity index (χ3n) is 3.27. The first kappa shape index (κ1) is 21.9. The van der Waals surface area contributed by atoms with E-state index in [9.17, 15) is 9.59 Å². The largest absolute Gasteiger partial charge is 0.463 e. The maximum Gasteiger partial charge on any atom is 0.407 e. The minimum atomic E-state index is -0.530. The summed E-state index contributed by atoms with van der Waals surface area (Å²) in [6.07, 6.45) is 3.22. The molecule has 1 rings (SSSR count). The number of alkyl carbamates (subject to hydrolysis) is 1. The molecule has 26 heavy (non-hydrogen) atoms. The molecule has 0 aliphatic heterocycles.